The Kier molecular flexibility index (Phi) is 8.76. The molecule has 0 aliphatic carbocycles. The first-order valence-corrected chi connectivity index (χ1v) is 16.1. The Morgan fingerprint density at radius 1 is 1.21 bits per heavy atom. The minimum absolute atomic E-state index is 0.313. The van der Waals surface area contributed by atoms with Crippen molar-refractivity contribution in [2.75, 3.05) is 6.61 Å². The summed E-state index contributed by atoms with van der Waals surface area (Å²) in [5, 5.41) is 3.06. The van der Waals surface area contributed by atoms with Crippen LogP contribution < -0.4 is 5.32 Å². The lowest BCUT2D eigenvalue weighted by atomic mass is 9.99. The molecule has 1 aliphatic heterocycles. The lowest BCUT2D eigenvalue weighted by Gasteiger charge is -2.23. The fourth-order valence-electron chi connectivity index (χ4n) is 3.91. The minimum Gasteiger partial charge on any atom is -0.444 e. The van der Waals surface area contributed by atoms with E-state index in [1.54, 1.807) is 0 Å². The van der Waals surface area contributed by atoms with E-state index in [0.717, 1.165) is 49.0 Å². The van der Waals surface area contributed by atoms with Crippen LogP contribution in [0, 0.1) is 0 Å². The molecular formula is C27H41N3O3Si. The van der Waals surface area contributed by atoms with Gasteiger partial charge >= 0.3 is 6.09 Å². The molecule has 2 heterocycles. The van der Waals surface area contributed by atoms with E-state index in [4.69, 9.17) is 14.5 Å². The summed E-state index contributed by atoms with van der Waals surface area (Å²) in [6.45, 7) is 13.8. The van der Waals surface area contributed by atoms with Gasteiger partial charge in [-0.15, -0.1) is 0 Å². The Morgan fingerprint density at radius 3 is 2.71 bits per heavy atom. The van der Waals surface area contributed by atoms with Crippen LogP contribution in [0.3, 0.4) is 0 Å². The van der Waals surface area contributed by atoms with E-state index in [9.17, 15) is 4.79 Å². The molecule has 0 fully saturated rings. The maximum absolute atomic E-state index is 12.7. The molecule has 1 aromatic heterocycles. The van der Waals surface area contributed by atoms with Gasteiger partial charge in [0.1, 0.15) is 18.2 Å². The summed E-state index contributed by atoms with van der Waals surface area (Å²) in [6, 6.07) is 9.26. The van der Waals surface area contributed by atoms with Crippen molar-refractivity contribution in [1.82, 2.24) is 14.9 Å². The maximum atomic E-state index is 12.7. The first-order valence-electron chi connectivity index (χ1n) is 12.4. The van der Waals surface area contributed by atoms with Crippen LogP contribution in [0.4, 0.5) is 4.79 Å². The quantitative estimate of drug-likeness (QED) is 0.282. The molecule has 1 aromatic carbocycles. The monoisotopic (exact) mass is 483 g/mol. The normalized spacial score (nSPS) is 16.8. The molecule has 1 aliphatic rings. The van der Waals surface area contributed by atoms with Crippen molar-refractivity contribution in [3.8, 4) is 11.3 Å². The third kappa shape index (κ3) is 8.13. The topological polar surface area (TPSA) is 65.4 Å². The van der Waals surface area contributed by atoms with Crippen LogP contribution in [0.2, 0.25) is 25.7 Å². The Morgan fingerprint density at radius 2 is 1.97 bits per heavy atom. The SMILES string of the molecule is CC(C)(C)OC(=O)N[C@H]1CC=CCCCc2ccccc2-c2cn(COCC[Si](C)(C)C)c1n2. The molecule has 0 saturated heterocycles. The Bertz CT molecular complexity index is 986. The molecule has 0 unspecified atom stereocenters. The molecule has 0 saturated carbocycles. The highest BCUT2D eigenvalue weighted by Crippen LogP contribution is 2.28. The van der Waals surface area contributed by atoms with Gasteiger partial charge in [-0.3, -0.25) is 0 Å². The number of aromatic nitrogens is 2. The summed E-state index contributed by atoms with van der Waals surface area (Å²) >= 11 is 0. The van der Waals surface area contributed by atoms with Crippen LogP contribution in [0.1, 0.15) is 57.5 Å². The molecule has 2 aromatic rings. The number of rotatable bonds is 6. The zero-order valence-electron chi connectivity index (χ0n) is 21.7. The van der Waals surface area contributed by atoms with Gasteiger partial charge in [-0.25, -0.2) is 9.78 Å². The van der Waals surface area contributed by atoms with E-state index >= 15 is 0 Å². The summed E-state index contributed by atoms with van der Waals surface area (Å²) in [7, 11) is -1.18. The second-order valence-electron chi connectivity index (χ2n) is 11.3. The summed E-state index contributed by atoms with van der Waals surface area (Å²) in [5.74, 6) is 0.786. The number of alkyl carbamates (subject to hydrolysis) is 1. The van der Waals surface area contributed by atoms with Gasteiger partial charge in [-0.2, -0.15) is 0 Å². The Labute approximate surface area is 205 Å². The number of hydrogen-bond donors (Lipinski definition) is 1. The highest BCUT2D eigenvalue weighted by atomic mass is 28.3. The predicted molar refractivity (Wildman–Crippen MR) is 141 cm³/mol. The third-order valence-corrected chi connectivity index (χ3v) is 7.39. The van der Waals surface area contributed by atoms with Gasteiger partial charge in [-0.05, 0) is 58.1 Å². The number of benzene rings is 1. The number of carbonyl (C=O) groups excluding carboxylic acids is 1. The van der Waals surface area contributed by atoms with Gasteiger partial charge in [-0.1, -0.05) is 56.1 Å². The van der Waals surface area contributed by atoms with Crippen LogP contribution in [0.5, 0.6) is 0 Å². The van der Waals surface area contributed by atoms with E-state index < -0.39 is 19.8 Å². The number of fused-ring (bicyclic) bond motifs is 4. The van der Waals surface area contributed by atoms with Crippen molar-refractivity contribution < 1.29 is 14.3 Å². The summed E-state index contributed by atoms with van der Waals surface area (Å²) < 4.78 is 13.7. The van der Waals surface area contributed by atoms with Gasteiger partial charge in [0.15, 0.2) is 0 Å². The predicted octanol–water partition coefficient (Wildman–Crippen LogP) is 6.71. The van der Waals surface area contributed by atoms with Gasteiger partial charge in [0, 0.05) is 26.4 Å². The fraction of sp³-hybridized carbons (Fsp3) is 0.556. The molecule has 1 amide bonds. The first kappa shape index (κ1) is 26.2. The van der Waals surface area contributed by atoms with Crippen LogP contribution in [0.25, 0.3) is 11.3 Å². The third-order valence-electron chi connectivity index (χ3n) is 5.69. The van der Waals surface area contributed by atoms with E-state index in [1.165, 1.54) is 5.56 Å². The Hall–Kier alpha value is -2.38. The molecule has 1 N–H and O–H groups in total. The van der Waals surface area contributed by atoms with Crippen LogP contribution >= 0.6 is 0 Å². The number of carbonyl (C=O) groups is 1. The number of nitrogens with zero attached hydrogens (tertiary/aromatic N) is 2. The van der Waals surface area contributed by atoms with E-state index in [-0.39, 0.29) is 6.04 Å². The second kappa shape index (κ2) is 11.4. The molecule has 7 heteroatoms. The van der Waals surface area contributed by atoms with Crippen LogP contribution in [0.15, 0.2) is 42.6 Å². The zero-order valence-corrected chi connectivity index (χ0v) is 22.7. The van der Waals surface area contributed by atoms with Crippen molar-refractivity contribution >= 4 is 14.2 Å². The lowest BCUT2D eigenvalue weighted by molar-refractivity contribution is 0.0492. The standard InChI is InChI=1S/C27H41N3O3Si/c1-27(2,3)33-26(31)29-23-16-10-8-7-9-13-21-14-11-12-15-22(21)24-19-30(25(23)28-24)20-32-17-18-34(4,5)6/h8,10-12,14-15,19,23H,7,9,13,16-18,20H2,1-6H3,(H,29,31)/t23-/m0/s1. The molecule has 2 bridgehead atoms. The van der Waals surface area contributed by atoms with Gasteiger partial charge in [0.05, 0.1) is 11.7 Å². The first-order chi connectivity index (χ1) is 16.0. The number of amides is 1. The molecular weight excluding hydrogens is 442 g/mol. The molecule has 3 rings (SSSR count). The Balaban J connectivity index is 1.94. The van der Waals surface area contributed by atoms with Crippen LogP contribution in [-0.4, -0.2) is 35.9 Å². The number of hydrogen-bond acceptors (Lipinski definition) is 4. The number of allylic oxidation sites excluding steroid dienone is 1. The molecule has 186 valence electrons. The smallest absolute Gasteiger partial charge is 0.408 e. The summed E-state index contributed by atoms with van der Waals surface area (Å²) in [4.78, 5) is 17.7. The number of nitrogens with one attached hydrogen (secondary N) is 1. The van der Waals surface area contributed by atoms with Gasteiger partial charge < -0.3 is 19.4 Å². The summed E-state index contributed by atoms with van der Waals surface area (Å²) in [6.07, 6.45) is 9.70. The molecule has 1 atom stereocenters. The van der Waals surface area contributed by atoms with Crippen molar-refractivity contribution in [2.24, 2.45) is 0 Å². The fourth-order valence-corrected chi connectivity index (χ4v) is 4.67. The number of aryl methyl sites for hydroxylation is 1. The largest absolute Gasteiger partial charge is 0.444 e. The molecule has 0 radical (unpaired) electrons. The maximum Gasteiger partial charge on any atom is 0.408 e. The van der Waals surface area contributed by atoms with Gasteiger partial charge in [0.25, 0.3) is 0 Å². The van der Waals surface area contributed by atoms with Crippen molar-refractivity contribution in [3.63, 3.8) is 0 Å². The van der Waals surface area contributed by atoms with Crippen LogP contribution in [-0.2, 0) is 22.6 Å². The molecule has 6 nitrogen and oxygen atoms in total. The summed E-state index contributed by atoms with van der Waals surface area (Å²) in [5.41, 5.74) is 2.79. The average molecular weight is 484 g/mol. The second-order valence-corrected chi connectivity index (χ2v) is 16.9. The van der Waals surface area contributed by atoms with E-state index in [0.29, 0.717) is 13.2 Å². The zero-order chi connectivity index (χ0) is 24.8. The van der Waals surface area contributed by atoms with Gasteiger partial charge in [0.2, 0.25) is 0 Å². The highest BCUT2D eigenvalue weighted by molar-refractivity contribution is 6.76. The minimum atomic E-state index is -1.18. The van der Waals surface area contributed by atoms with E-state index in [1.807, 2.05) is 25.3 Å². The molecule has 34 heavy (non-hydrogen) atoms. The number of ether oxygens (including phenoxy) is 2. The average Bonchev–Trinajstić information content (AvgIpc) is 3.14. The number of imidazole rings is 1. The van der Waals surface area contributed by atoms with E-state index in [2.05, 4.69) is 67.6 Å². The van der Waals surface area contributed by atoms with Crippen molar-refractivity contribution in [3.05, 3.63) is 54.0 Å². The molecule has 0 spiro atoms. The van der Waals surface area contributed by atoms with Crippen molar-refractivity contribution in [1.29, 1.82) is 0 Å². The highest BCUT2D eigenvalue weighted by Gasteiger charge is 2.25. The van der Waals surface area contributed by atoms with Crippen molar-refractivity contribution in [2.45, 2.75) is 90.5 Å². The lowest BCUT2D eigenvalue weighted by Crippen LogP contribution is -2.36.